The molecular formula is C10H10Br3O2. The first-order valence-corrected chi connectivity index (χ1v) is 6.59. The van der Waals surface area contributed by atoms with Gasteiger partial charge < -0.3 is 9.84 Å². The lowest BCUT2D eigenvalue weighted by Gasteiger charge is -2.14. The minimum absolute atomic E-state index is 0.165. The Morgan fingerprint density at radius 1 is 1.40 bits per heavy atom. The van der Waals surface area contributed by atoms with E-state index in [2.05, 4.69) is 54.7 Å². The first kappa shape index (κ1) is 13.5. The average molecular weight is 402 g/mol. The number of hydrogen-bond donors (Lipinski definition) is 1. The van der Waals surface area contributed by atoms with E-state index < -0.39 is 6.10 Å². The molecule has 0 aromatic heterocycles. The molecule has 0 saturated carbocycles. The molecule has 1 N–H and O–H groups in total. The molecule has 1 aromatic rings. The molecule has 0 amide bonds. The molecule has 0 aliphatic rings. The molecule has 0 aliphatic heterocycles. The first-order valence-electron chi connectivity index (χ1n) is 4.21. The van der Waals surface area contributed by atoms with Crippen molar-refractivity contribution in [3.8, 4) is 5.75 Å². The van der Waals surface area contributed by atoms with Crippen LogP contribution in [0.4, 0.5) is 0 Å². The first-order chi connectivity index (χ1) is 6.93. The summed E-state index contributed by atoms with van der Waals surface area (Å²) in [6, 6.07) is 1.91. The second-order valence-corrected chi connectivity index (χ2v) is 5.57. The van der Waals surface area contributed by atoms with Crippen molar-refractivity contribution in [3.63, 3.8) is 0 Å². The summed E-state index contributed by atoms with van der Waals surface area (Å²) in [7, 11) is 0. The Kier molecular flexibility index (Phi) is 5.09. The van der Waals surface area contributed by atoms with Crippen LogP contribution in [0.15, 0.2) is 19.5 Å². The van der Waals surface area contributed by atoms with Crippen molar-refractivity contribution in [2.75, 3.05) is 6.61 Å². The van der Waals surface area contributed by atoms with Gasteiger partial charge in [0.2, 0.25) is 0 Å². The smallest absolute Gasteiger partial charge is 0.148 e. The van der Waals surface area contributed by atoms with Gasteiger partial charge in [0.25, 0.3) is 0 Å². The molecule has 0 fully saturated rings. The Morgan fingerprint density at radius 2 is 2.00 bits per heavy atom. The molecule has 15 heavy (non-hydrogen) atoms. The number of ether oxygens (including phenoxy) is 1. The van der Waals surface area contributed by atoms with Crippen molar-refractivity contribution in [1.29, 1.82) is 0 Å². The van der Waals surface area contributed by atoms with Gasteiger partial charge in [0.15, 0.2) is 0 Å². The number of aliphatic hydroxyl groups excluding tert-OH is 1. The summed E-state index contributed by atoms with van der Waals surface area (Å²) in [5.41, 5.74) is 1.05. The van der Waals surface area contributed by atoms with Gasteiger partial charge in [-0.2, -0.15) is 0 Å². The van der Waals surface area contributed by atoms with Crippen LogP contribution in [-0.4, -0.2) is 17.8 Å². The third-order valence-electron chi connectivity index (χ3n) is 1.78. The van der Waals surface area contributed by atoms with E-state index in [1.54, 1.807) is 0 Å². The van der Waals surface area contributed by atoms with E-state index in [0.717, 1.165) is 19.0 Å². The van der Waals surface area contributed by atoms with Gasteiger partial charge in [0, 0.05) is 4.47 Å². The van der Waals surface area contributed by atoms with Crippen LogP contribution in [0.1, 0.15) is 5.56 Å². The average Bonchev–Trinajstić information content (AvgIpc) is 2.14. The van der Waals surface area contributed by atoms with Gasteiger partial charge in [-0.25, -0.2) is 0 Å². The predicted molar refractivity (Wildman–Crippen MR) is 71.1 cm³/mol. The quantitative estimate of drug-likeness (QED) is 0.833. The molecule has 83 valence electrons. The van der Waals surface area contributed by atoms with Crippen LogP contribution in [0, 0.1) is 13.8 Å². The fraction of sp³-hybridized carbons (Fsp3) is 0.300. The minimum Gasteiger partial charge on any atom is -0.489 e. The molecule has 0 saturated heterocycles. The van der Waals surface area contributed by atoms with Crippen LogP contribution in [-0.2, 0) is 0 Å². The van der Waals surface area contributed by atoms with E-state index in [0.29, 0.717) is 5.75 Å². The highest BCUT2D eigenvalue weighted by Crippen LogP contribution is 2.39. The number of benzene rings is 1. The highest BCUT2D eigenvalue weighted by atomic mass is 79.9. The summed E-state index contributed by atoms with van der Waals surface area (Å²) in [5.74, 6) is 0.679. The van der Waals surface area contributed by atoms with E-state index in [1.807, 2.05) is 13.0 Å². The molecule has 1 atom stereocenters. The molecule has 0 aliphatic carbocycles. The largest absolute Gasteiger partial charge is 0.489 e. The van der Waals surface area contributed by atoms with Gasteiger partial charge in [0.1, 0.15) is 12.4 Å². The molecule has 0 spiro atoms. The summed E-state index contributed by atoms with van der Waals surface area (Å²) in [5, 5.41) is 9.04. The maximum absolute atomic E-state index is 9.04. The SMILES string of the molecule is [CH2]C(O)COc1c(Br)cc(Br)c(C)c1Br. The fourth-order valence-electron chi connectivity index (χ4n) is 0.977. The van der Waals surface area contributed by atoms with Crippen LogP contribution in [0.5, 0.6) is 5.75 Å². The maximum atomic E-state index is 9.04. The molecular weight excluding hydrogens is 392 g/mol. The molecule has 5 heteroatoms. The van der Waals surface area contributed by atoms with Crippen LogP contribution < -0.4 is 4.74 Å². The van der Waals surface area contributed by atoms with Crippen molar-refractivity contribution in [2.24, 2.45) is 0 Å². The van der Waals surface area contributed by atoms with Crippen LogP contribution in [0.2, 0.25) is 0 Å². The number of halogens is 3. The summed E-state index contributed by atoms with van der Waals surface area (Å²) in [6.07, 6.45) is -0.729. The lowest BCUT2D eigenvalue weighted by molar-refractivity contribution is 0.141. The number of aliphatic hydroxyl groups is 1. The van der Waals surface area contributed by atoms with Gasteiger partial charge in [-0.1, -0.05) is 15.9 Å². The van der Waals surface area contributed by atoms with Crippen LogP contribution in [0.25, 0.3) is 0 Å². The Bertz CT molecular complexity index is 364. The summed E-state index contributed by atoms with van der Waals surface area (Å²) >= 11 is 10.3. The molecule has 1 aromatic carbocycles. The lowest BCUT2D eigenvalue weighted by atomic mass is 10.2. The molecule has 1 rings (SSSR count). The van der Waals surface area contributed by atoms with Gasteiger partial charge in [0.05, 0.1) is 15.0 Å². The molecule has 0 heterocycles. The van der Waals surface area contributed by atoms with E-state index in [1.165, 1.54) is 0 Å². The zero-order valence-electron chi connectivity index (χ0n) is 8.06. The van der Waals surface area contributed by atoms with E-state index in [4.69, 9.17) is 9.84 Å². The number of hydrogen-bond acceptors (Lipinski definition) is 2. The molecule has 1 radical (unpaired) electrons. The zero-order valence-corrected chi connectivity index (χ0v) is 12.8. The van der Waals surface area contributed by atoms with Gasteiger partial charge in [-0.15, -0.1) is 0 Å². The van der Waals surface area contributed by atoms with Gasteiger partial charge in [-0.3, -0.25) is 0 Å². The lowest BCUT2D eigenvalue weighted by Crippen LogP contribution is -2.13. The molecule has 1 unspecified atom stereocenters. The van der Waals surface area contributed by atoms with Crippen molar-refractivity contribution in [1.82, 2.24) is 0 Å². The maximum Gasteiger partial charge on any atom is 0.148 e. The Morgan fingerprint density at radius 3 is 2.53 bits per heavy atom. The number of rotatable bonds is 3. The third kappa shape index (κ3) is 3.44. The van der Waals surface area contributed by atoms with Crippen molar-refractivity contribution in [2.45, 2.75) is 13.0 Å². The Balaban J connectivity index is 3.02. The highest BCUT2D eigenvalue weighted by Gasteiger charge is 2.13. The highest BCUT2D eigenvalue weighted by molar-refractivity contribution is 9.11. The topological polar surface area (TPSA) is 29.5 Å². The second-order valence-electron chi connectivity index (χ2n) is 3.07. The molecule has 2 nitrogen and oxygen atoms in total. The van der Waals surface area contributed by atoms with E-state index in [9.17, 15) is 0 Å². The Hall–Kier alpha value is 0.420. The third-order valence-corrected chi connectivity index (χ3v) is 4.14. The minimum atomic E-state index is -0.729. The summed E-state index contributed by atoms with van der Waals surface area (Å²) in [4.78, 5) is 0. The Labute approximate surface area is 114 Å². The van der Waals surface area contributed by atoms with Gasteiger partial charge >= 0.3 is 0 Å². The second kappa shape index (κ2) is 5.66. The normalized spacial score (nSPS) is 12.7. The van der Waals surface area contributed by atoms with Gasteiger partial charge in [-0.05, 0) is 57.3 Å². The van der Waals surface area contributed by atoms with E-state index >= 15 is 0 Å². The van der Waals surface area contributed by atoms with E-state index in [-0.39, 0.29) is 6.61 Å². The standard InChI is InChI=1S/C10H10Br3O2/c1-5(14)4-15-10-8(12)3-7(11)6(2)9(10)13/h3,5,14H,1,4H2,2H3. The van der Waals surface area contributed by atoms with Crippen LogP contribution >= 0.6 is 47.8 Å². The fourth-order valence-corrected chi connectivity index (χ4v) is 3.33. The monoisotopic (exact) mass is 399 g/mol. The summed E-state index contributed by atoms with van der Waals surface area (Å²) < 4.78 is 8.12. The summed E-state index contributed by atoms with van der Waals surface area (Å²) in [6.45, 7) is 5.57. The predicted octanol–water partition coefficient (Wildman–Crippen LogP) is 3.86. The van der Waals surface area contributed by atoms with Crippen molar-refractivity contribution in [3.05, 3.63) is 32.0 Å². The zero-order chi connectivity index (χ0) is 11.6. The molecule has 0 bridgehead atoms. The van der Waals surface area contributed by atoms with Crippen molar-refractivity contribution >= 4 is 47.8 Å². The van der Waals surface area contributed by atoms with Crippen molar-refractivity contribution < 1.29 is 9.84 Å². The van der Waals surface area contributed by atoms with Crippen LogP contribution in [0.3, 0.4) is 0 Å².